The highest BCUT2D eigenvalue weighted by atomic mass is 32.2. The third kappa shape index (κ3) is 2.61. The zero-order valence-corrected chi connectivity index (χ0v) is 13.0. The normalized spacial score (nSPS) is 16.9. The summed E-state index contributed by atoms with van der Waals surface area (Å²) < 4.78 is 30.5. The minimum atomic E-state index is -3.98. The van der Waals surface area contributed by atoms with Gasteiger partial charge in [0.2, 0.25) is 5.91 Å². The Morgan fingerprint density at radius 3 is 2.65 bits per heavy atom. The van der Waals surface area contributed by atoms with Gasteiger partial charge in [-0.25, -0.2) is 12.7 Å². The number of hydrogen-bond acceptors (Lipinski definition) is 5. The molecular weight excluding hydrogens is 320 g/mol. The van der Waals surface area contributed by atoms with Gasteiger partial charge >= 0.3 is 0 Å². The monoisotopic (exact) mass is 334 g/mol. The molecule has 0 bridgehead atoms. The van der Waals surface area contributed by atoms with Gasteiger partial charge in [0.25, 0.3) is 15.9 Å². The molecule has 7 nitrogen and oxygen atoms in total. The van der Waals surface area contributed by atoms with Crippen molar-refractivity contribution in [1.82, 2.24) is 9.62 Å². The summed E-state index contributed by atoms with van der Waals surface area (Å²) in [5.74, 6) is -0.739. The Bertz CT molecular complexity index is 858. The van der Waals surface area contributed by atoms with Crippen molar-refractivity contribution in [3.8, 4) is 0 Å². The molecule has 23 heavy (non-hydrogen) atoms. The van der Waals surface area contributed by atoms with E-state index in [0.29, 0.717) is 10.1 Å². The zero-order chi connectivity index (χ0) is 16.6. The third-order valence-electron chi connectivity index (χ3n) is 3.55. The number of carbonyl (C=O) groups excluding carboxylic acids is 2. The van der Waals surface area contributed by atoms with Crippen LogP contribution in [-0.4, -0.2) is 31.1 Å². The van der Waals surface area contributed by atoms with E-state index in [1.54, 1.807) is 25.1 Å². The van der Waals surface area contributed by atoms with E-state index in [9.17, 15) is 18.0 Å². The van der Waals surface area contributed by atoms with Gasteiger partial charge in [0, 0.05) is 0 Å². The second kappa shape index (κ2) is 5.54. The van der Waals surface area contributed by atoms with Crippen molar-refractivity contribution in [2.45, 2.75) is 17.9 Å². The number of fused-ring (bicyclic) bond motifs is 1. The van der Waals surface area contributed by atoms with E-state index in [1.165, 1.54) is 24.5 Å². The van der Waals surface area contributed by atoms with Crippen LogP contribution in [0, 0.1) is 0 Å². The van der Waals surface area contributed by atoms with Crippen molar-refractivity contribution in [2.75, 3.05) is 6.54 Å². The Labute approximate surface area is 132 Å². The van der Waals surface area contributed by atoms with E-state index in [0.717, 1.165) is 0 Å². The van der Waals surface area contributed by atoms with Crippen LogP contribution in [0.4, 0.5) is 0 Å². The third-order valence-corrected chi connectivity index (χ3v) is 5.33. The Morgan fingerprint density at radius 2 is 2.00 bits per heavy atom. The van der Waals surface area contributed by atoms with E-state index >= 15 is 0 Å². The summed E-state index contributed by atoms with van der Waals surface area (Å²) in [7, 11) is -3.98. The quantitative estimate of drug-likeness (QED) is 0.909. The first-order valence-electron chi connectivity index (χ1n) is 6.90. The topological polar surface area (TPSA) is 96.7 Å². The van der Waals surface area contributed by atoms with Gasteiger partial charge in [-0.1, -0.05) is 12.1 Å². The SMILES string of the molecule is C[C@@H](NC(=O)CN1C(=O)c2ccccc2S1(=O)=O)c1ccco1. The summed E-state index contributed by atoms with van der Waals surface area (Å²) in [5, 5.41) is 2.60. The number of amides is 2. The maximum atomic E-state index is 12.4. The highest BCUT2D eigenvalue weighted by Gasteiger charge is 2.41. The minimum absolute atomic E-state index is 0.0723. The van der Waals surface area contributed by atoms with E-state index in [2.05, 4.69) is 5.32 Å². The molecule has 0 unspecified atom stereocenters. The molecule has 0 spiro atoms. The van der Waals surface area contributed by atoms with Crippen molar-refractivity contribution in [2.24, 2.45) is 0 Å². The largest absolute Gasteiger partial charge is 0.467 e. The highest BCUT2D eigenvalue weighted by Crippen LogP contribution is 2.29. The molecule has 1 aromatic heterocycles. The van der Waals surface area contributed by atoms with E-state index in [-0.39, 0.29) is 10.5 Å². The summed E-state index contributed by atoms with van der Waals surface area (Å²) in [4.78, 5) is 24.2. The van der Waals surface area contributed by atoms with Crippen LogP contribution in [0.5, 0.6) is 0 Å². The molecule has 1 N–H and O–H groups in total. The van der Waals surface area contributed by atoms with E-state index in [1.807, 2.05) is 0 Å². The summed E-state index contributed by atoms with van der Waals surface area (Å²) in [6, 6.07) is 8.84. The van der Waals surface area contributed by atoms with Crippen LogP contribution in [-0.2, 0) is 14.8 Å². The number of sulfonamides is 1. The van der Waals surface area contributed by atoms with Crippen LogP contribution >= 0.6 is 0 Å². The van der Waals surface area contributed by atoms with Crippen molar-refractivity contribution in [3.05, 3.63) is 54.0 Å². The Morgan fingerprint density at radius 1 is 1.26 bits per heavy atom. The molecule has 3 rings (SSSR count). The van der Waals surface area contributed by atoms with Gasteiger partial charge < -0.3 is 9.73 Å². The summed E-state index contributed by atoms with van der Waals surface area (Å²) in [6.07, 6.45) is 1.48. The summed E-state index contributed by atoms with van der Waals surface area (Å²) >= 11 is 0. The van der Waals surface area contributed by atoms with Crippen LogP contribution in [0.25, 0.3) is 0 Å². The average Bonchev–Trinajstić information content (AvgIpc) is 3.11. The maximum absolute atomic E-state index is 12.4. The average molecular weight is 334 g/mol. The first-order valence-corrected chi connectivity index (χ1v) is 8.34. The Kier molecular flexibility index (Phi) is 3.69. The van der Waals surface area contributed by atoms with Crippen molar-refractivity contribution in [1.29, 1.82) is 0 Å². The molecule has 1 atom stereocenters. The lowest BCUT2D eigenvalue weighted by Gasteiger charge is -2.17. The lowest BCUT2D eigenvalue weighted by Crippen LogP contribution is -2.41. The van der Waals surface area contributed by atoms with Crippen LogP contribution in [0.1, 0.15) is 29.1 Å². The molecule has 0 aliphatic carbocycles. The summed E-state index contributed by atoms with van der Waals surface area (Å²) in [5.41, 5.74) is 0.0828. The zero-order valence-electron chi connectivity index (χ0n) is 12.2. The number of nitrogens with zero attached hydrogens (tertiary/aromatic N) is 1. The van der Waals surface area contributed by atoms with Gasteiger partial charge in [0.1, 0.15) is 17.2 Å². The fourth-order valence-electron chi connectivity index (χ4n) is 2.41. The standard InChI is InChI=1S/C15H14N2O5S/c1-10(12-6-4-8-22-12)16-14(18)9-17-15(19)11-5-2-3-7-13(11)23(17,20)21/h2-8,10H,9H2,1H3,(H,16,18)/t10-/m1/s1. The smallest absolute Gasteiger partial charge is 0.269 e. The molecule has 0 saturated heterocycles. The summed E-state index contributed by atoms with van der Waals surface area (Å²) in [6.45, 7) is 1.13. The molecule has 8 heteroatoms. The number of nitrogens with one attached hydrogen (secondary N) is 1. The van der Waals surface area contributed by atoms with Crippen LogP contribution in [0.3, 0.4) is 0 Å². The Balaban J connectivity index is 1.76. The van der Waals surface area contributed by atoms with Crippen LogP contribution in [0.15, 0.2) is 52.0 Å². The second-order valence-corrected chi connectivity index (χ2v) is 6.95. The molecule has 2 aromatic rings. The van der Waals surface area contributed by atoms with Gasteiger partial charge in [-0.2, -0.15) is 0 Å². The lowest BCUT2D eigenvalue weighted by molar-refractivity contribution is -0.121. The fraction of sp³-hybridized carbons (Fsp3) is 0.200. The van der Waals surface area contributed by atoms with E-state index in [4.69, 9.17) is 4.42 Å². The maximum Gasteiger partial charge on any atom is 0.269 e. The molecule has 0 radical (unpaired) electrons. The second-order valence-electron chi connectivity index (χ2n) is 5.12. The van der Waals surface area contributed by atoms with Crippen LogP contribution < -0.4 is 5.32 Å². The van der Waals surface area contributed by atoms with Gasteiger partial charge in [-0.15, -0.1) is 0 Å². The number of benzene rings is 1. The first-order chi connectivity index (χ1) is 10.9. The van der Waals surface area contributed by atoms with Crippen molar-refractivity contribution < 1.29 is 22.4 Å². The number of hydrogen-bond donors (Lipinski definition) is 1. The molecule has 1 aliphatic rings. The van der Waals surface area contributed by atoms with Gasteiger partial charge in [0.05, 0.1) is 17.9 Å². The van der Waals surface area contributed by atoms with Gasteiger partial charge in [-0.3, -0.25) is 9.59 Å². The number of furan rings is 1. The number of rotatable bonds is 4. The molecule has 2 heterocycles. The van der Waals surface area contributed by atoms with Crippen LogP contribution in [0.2, 0.25) is 0 Å². The molecule has 0 saturated carbocycles. The lowest BCUT2D eigenvalue weighted by atomic mass is 10.2. The molecule has 120 valence electrons. The van der Waals surface area contributed by atoms with Gasteiger partial charge in [-0.05, 0) is 31.2 Å². The fourth-order valence-corrected chi connectivity index (χ4v) is 3.94. The van der Waals surface area contributed by atoms with Gasteiger partial charge in [0.15, 0.2) is 0 Å². The highest BCUT2D eigenvalue weighted by molar-refractivity contribution is 7.90. The van der Waals surface area contributed by atoms with E-state index < -0.39 is 34.4 Å². The molecule has 1 aromatic carbocycles. The predicted octanol–water partition coefficient (Wildman–Crippen LogP) is 1.30. The molecular formula is C15H14N2O5S. The van der Waals surface area contributed by atoms with Crippen molar-refractivity contribution in [3.63, 3.8) is 0 Å². The molecule has 0 fully saturated rings. The molecule has 2 amide bonds. The Hall–Kier alpha value is -2.61. The molecule has 1 aliphatic heterocycles. The minimum Gasteiger partial charge on any atom is -0.467 e. The predicted molar refractivity (Wildman–Crippen MR) is 79.9 cm³/mol. The van der Waals surface area contributed by atoms with Crippen molar-refractivity contribution >= 4 is 21.8 Å². The first kappa shape index (κ1) is 15.3. The number of carbonyl (C=O) groups is 2.